The molecular weight excluding hydrogens is 238 g/mol. The summed E-state index contributed by atoms with van der Waals surface area (Å²) in [7, 11) is 0. The molecule has 19 heavy (non-hydrogen) atoms. The van der Waals surface area contributed by atoms with Crippen LogP contribution >= 0.6 is 0 Å². The second kappa shape index (κ2) is 4.67. The molecule has 0 amide bonds. The zero-order valence-electron chi connectivity index (χ0n) is 11.0. The Balaban J connectivity index is 2.04. The Morgan fingerprint density at radius 3 is 3.00 bits per heavy atom. The van der Waals surface area contributed by atoms with E-state index in [1.54, 1.807) is 12.4 Å². The van der Waals surface area contributed by atoms with Gasteiger partial charge in [0.1, 0.15) is 11.4 Å². The van der Waals surface area contributed by atoms with E-state index in [0.29, 0.717) is 18.8 Å². The van der Waals surface area contributed by atoms with E-state index in [9.17, 15) is 5.11 Å². The van der Waals surface area contributed by atoms with Crippen molar-refractivity contribution in [3.63, 3.8) is 0 Å². The zero-order chi connectivity index (χ0) is 13.3. The van der Waals surface area contributed by atoms with Crippen molar-refractivity contribution in [1.82, 2.24) is 4.98 Å². The molecule has 3 nitrogen and oxygen atoms in total. The van der Waals surface area contributed by atoms with E-state index in [4.69, 9.17) is 4.74 Å². The molecule has 0 bridgehead atoms. The van der Waals surface area contributed by atoms with Gasteiger partial charge in [0.25, 0.3) is 0 Å². The average molecular weight is 255 g/mol. The summed E-state index contributed by atoms with van der Waals surface area (Å²) in [6, 6.07) is 9.94. The molecule has 1 unspecified atom stereocenters. The van der Waals surface area contributed by atoms with Crippen LogP contribution in [0.5, 0.6) is 5.75 Å². The third kappa shape index (κ3) is 2.00. The number of aromatic nitrogens is 1. The first-order valence-corrected chi connectivity index (χ1v) is 6.63. The summed E-state index contributed by atoms with van der Waals surface area (Å²) in [5.41, 5.74) is 2.08. The smallest absolute Gasteiger partial charge is 0.137 e. The minimum atomic E-state index is -0.934. The Labute approximate surface area is 112 Å². The predicted molar refractivity (Wildman–Crippen MR) is 73.2 cm³/mol. The first-order chi connectivity index (χ1) is 9.24. The van der Waals surface area contributed by atoms with Crippen LogP contribution in [0.25, 0.3) is 0 Å². The molecule has 0 saturated carbocycles. The Hall–Kier alpha value is -1.87. The number of benzene rings is 1. The Morgan fingerprint density at radius 1 is 1.32 bits per heavy atom. The van der Waals surface area contributed by atoms with E-state index in [1.807, 2.05) is 31.2 Å². The Kier molecular flexibility index (Phi) is 2.99. The lowest BCUT2D eigenvalue weighted by molar-refractivity contribution is 0.0822. The fraction of sp³-hybridized carbons (Fsp3) is 0.312. The maximum Gasteiger partial charge on any atom is 0.137 e. The quantitative estimate of drug-likeness (QED) is 0.916. The summed E-state index contributed by atoms with van der Waals surface area (Å²) in [5, 5.41) is 11.0. The molecule has 0 fully saturated rings. The van der Waals surface area contributed by atoms with Crippen LogP contribution in [-0.4, -0.2) is 16.7 Å². The van der Waals surface area contributed by atoms with Crippen molar-refractivity contribution in [3.05, 3.63) is 59.4 Å². The molecule has 1 heterocycles. The van der Waals surface area contributed by atoms with Crippen LogP contribution in [0.1, 0.15) is 30.0 Å². The number of ether oxygens (including phenoxy) is 1. The summed E-state index contributed by atoms with van der Waals surface area (Å²) >= 11 is 0. The van der Waals surface area contributed by atoms with E-state index in [0.717, 1.165) is 17.5 Å². The lowest BCUT2D eigenvalue weighted by atomic mass is 9.89. The first kappa shape index (κ1) is 12.2. The van der Waals surface area contributed by atoms with Crippen molar-refractivity contribution in [3.8, 4) is 5.75 Å². The van der Waals surface area contributed by atoms with Crippen LogP contribution < -0.4 is 4.74 Å². The van der Waals surface area contributed by atoms with Crippen LogP contribution in [0.4, 0.5) is 0 Å². The van der Waals surface area contributed by atoms with Crippen LogP contribution in [0.15, 0.2) is 42.7 Å². The Morgan fingerprint density at radius 2 is 2.16 bits per heavy atom. The van der Waals surface area contributed by atoms with Crippen molar-refractivity contribution in [2.24, 2.45) is 0 Å². The predicted octanol–water partition coefficient (Wildman–Crippen LogP) is 2.66. The van der Waals surface area contributed by atoms with Gasteiger partial charge in [0, 0.05) is 11.8 Å². The van der Waals surface area contributed by atoms with E-state index in [2.05, 4.69) is 11.1 Å². The van der Waals surface area contributed by atoms with E-state index in [1.165, 1.54) is 5.56 Å². The monoisotopic (exact) mass is 255 g/mol. The molecule has 1 N–H and O–H groups in total. The van der Waals surface area contributed by atoms with Crippen LogP contribution in [0.2, 0.25) is 0 Å². The third-order valence-electron chi connectivity index (χ3n) is 3.72. The molecule has 0 radical (unpaired) electrons. The molecule has 0 spiro atoms. The number of hydrogen-bond acceptors (Lipinski definition) is 3. The summed E-state index contributed by atoms with van der Waals surface area (Å²) in [4.78, 5) is 4.18. The summed E-state index contributed by atoms with van der Waals surface area (Å²) in [5.74, 6) is 0.706. The summed E-state index contributed by atoms with van der Waals surface area (Å²) in [6.07, 6.45) is 5.00. The molecule has 1 atom stereocenters. The summed E-state index contributed by atoms with van der Waals surface area (Å²) < 4.78 is 5.47. The minimum absolute atomic E-state index is 0.597. The van der Waals surface area contributed by atoms with Gasteiger partial charge >= 0.3 is 0 Å². The van der Waals surface area contributed by atoms with Crippen molar-refractivity contribution in [2.45, 2.75) is 25.4 Å². The second-order valence-corrected chi connectivity index (χ2v) is 4.86. The lowest BCUT2D eigenvalue weighted by Crippen LogP contribution is -2.24. The van der Waals surface area contributed by atoms with Gasteiger partial charge in [0.15, 0.2) is 0 Å². The molecule has 0 saturated heterocycles. The van der Waals surface area contributed by atoms with Crippen molar-refractivity contribution in [1.29, 1.82) is 0 Å². The van der Waals surface area contributed by atoms with Crippen LogP contribution in [0.3, 0.4) is 0 Å². The number of pyridine rings is 1. The normalized spacial score (nSPS) is 21.2. The molecule has 98 valence electrons. The molecule has 3 heteroatoms. The molecule has 1 aliphatic rings. The van der Waals surface area contributed by atoms with Gasteiger partial charge in [-0.3, -0.25) is 4.98 Å². The third-order valence-corrected chi connectivity index (χ3v) is 3.72. The van der Waals surface area contributed by atoms with Crippen LogP contribution in [-0.2, 0) is 12.0 Å². The summed E-state index contributed by atoms with van der Waals surface area (Å²) in [6.45, 7) is 2.53. The molecule has 1 aromatic carbocycles. The molecule has 1 aliphatic carbocycles. The number of aliphatic hydroxyl groups is 1. The number of rotatable bonds is 3. The van der Waals surface area contributed by atoms with E-state index in [-0.39, 0.29) is 0 Å². The van der Waals surface area contributed by atoms with Gasteiger partial charge in [-0.25, -0.2) is 0 Å². The average Bonchev–Trinajstić information content (AvgIpc) is 2.79. The largest absolute Gasteiger partial charge is 0.492 e. The van der Waals surface area contributed by atoms with Gasteiger partial charge in [0.2, 0.25) is 0 Å². The number of nitrogens with zero attached hydrogens (tertiary/aromatic N) is 1. The van der Waals surface area contributed by atoms with Gasteiger partial charge in [0.05, 0.1) is 12.8 Å². The van der Waals surface area contributed by atoms with Crippen molar-refractivity contribution >= 4 is 0 Å². The van der Waals surface area contributed by atoms with E-state index < -0.39 is 5.60 Å². The molecule has 2 aromatic rings. The molecular formula is C16H17NO2. The van der Waals surface area contributed by atoms with E-state index >= 15 is 0 Å². The van der Waals surface area contributed by atoms with Gasteiger partial charge in [-0.2, -0.15) is 0 Å². The van der Waals surface area contributed by atoms with Gasteiger partial charge in [-0.15, -0.1) is 0 Å². The topological polar surface area (TPSA) is 42.4 Å². The van der Waals surface area contributed by atoms with Crippen molar-refractivity contribution in [2.75, 3.05) is 6.61 Å². The zero-order valence-corrected chi connectivity index (χ0v) is 11.0. The molecule has 3 rings (SSSR count). The highest BCUT2D eigenvalue weighted by Gasteiger charge is 2.38. The minimum Gasteiger partial charge on any atom is -0.492 e. The van der Waals surface area contributed by atoms with Gasteiger partial charge in [-0.05, 0) is 37.0 Å². The maximum atomic E-state index is 11.0. The highest BCUT2D eigenvalue weighted by Crippen LogP contribution is 2.42. The van der Waals surface area contributed by atoms with Gasteiger partial charge < -0.3 is 9.84 Å². The lowest BCUT2D eigenvalue weighted by Gasteiger charge is -2.24. The first-order valence-electron chi connectivity index (χ1n) is 6.63. The standard InChI is InChI=1S/C16H17NO2/c1-2-19-14-9-13(10-17-11-14)16(18)8-7-12-5-3-4-6-15(12)16/h3-6,9-11,18H,2,7-8H2,1H3. The highest BCUT2D eigenvalue weighted by atomic mass is 16.5. The fourth-order valence-electron chi connectivity index (χ4n) is 2.78. The number of aryl methyl sites for hydroxylation is 1. The van der Waals surface area contributed by atoms with Crippen molar-refractivity contribution < 1.29 is 9.84 Å². The highest BCUT2D eigenvalue weighted by molar-refractivity contribution is 5.45. The maximum absolute atomic E-state index is 11.0. The Bertz CT molecular complexity index is 597. The SMILES string of the molecule is CCOc1cncc(C2(O)CCc3ccccc32)c1. The second-order valence-electron chi connectivity index (χ2n) is 4.86. The fourth-order valence-corrected chi connectivity index (χ4v) is 2.78. The number of fused-ring (bicyclic) bond motifs is 1. The molecule has 0 aliphatic heterocycles. The number of hydrogen-bond donors (Lipinski definition) is 1. The van der Waals surface area contributed by atoms with Crippen LogP contribution in [0, 0.1) is 0 Å². The molecule has 1 aromatic heterocycles. The van der Waals surface area contributed by atoms with Gasteiger partial charge in [-0.1, -0.05) is 24.3 Å².